The van der Waals surface area contributed by atoms with Gasteiger partial charge in [-0.2, -0.15) is 0 Å². The van der Waals surface area contributed by atoms with Crippen LogP contribution in [0.5, 0.6) is 11.5 Å². The van der Waals surface area contributed by atoms with Gasteiger partial charge in [-0.1, -0.05) is 0 Å². The Morgan fingerprint density at radius 3 is 2.65 bits per heavy atom. The van der Waals surface area contributed by atoms with Crippen LogP contribution in [0.15, 0.2) is 57.6 Å². The smallest absolute Gasteiger partial charge is 0.248 e. The minimum Gasteiger partial charge on any atom is -0.494 e. The van der Waals surface area contributed by atoms with E-state index in [0.717, 1.165) is 15.8 Å². The number of carbonyl (C=O) groups excluding carboxylic acids is 1. The molecule has 0 unspecified atom stereocenters. The van der Waals surface area contributed by atoms with Crippen molar-refractivity contribution >= 4 is 21.8 Å². The summed E-state index contributed by atoms with van der Waals surface area (Å²) in [5, 5.41) is 0. The number of amides is 1. The molecule has 6 nitrogen and oxygen atoms in total. The molecule has 0 saturated carbocycles. The molecule has 0 spiro atoms. The Morgan fingerprint density at radius 2 is 1.96 bits per heavy atom. The van der Waals surface area contributed by atoms with Crippen LogP contribution in [-0.4, -0.2) is 17.5 Å². The van der Waals surface area contributed by atoms with E-state index >= 15 is 0 Å². The molecule has 1 heterocycles. The van der Waals surface area contributed by atoms with Gasteiger partial charge in [0.1, 0.15) is 30.1 Å². The maximum Gasteiger partial charge on any atom is 0.248 e. The van der Waals surface area contributed by atoms with Crippen LogP contribution >= 0.6 is 15.9 Å². The van der Waals surface area contributed by atoms with Crippen molar-refractivity contribution in [1.29, 1.82) is 0 Å². The number of primary amides is 1. The molecule has 26 heavy (non-hydrogen) atoms. The predicted octanol–water partition coefficient (Wildman–Crippen LogP) is 4.18. The van der Waals surface area contributed by atoms with E-state index in [9.17, 15) is 4.79 Å². The second-order valence-corrected chi connectivity index (χ2v) is 6.25. The molecule has 3 aromatic rings. The number of nitrogens with zero attached hydrogens (tertiary/aromatic N) is 1. The molecule has 0 fully saturated rings. The topological polar surface area (TPSA) is 87.6 Å². The van der Waals surface area contributed by atoms with Crippen LogP contribution in [0.4, 0.5) is 0 Å². The summed E-state index contributed by atoms with van der Waals surface area (Å²) in [7, 11) is 0. The van der Waals surface area contributed by atoms with Gasteiger partial charge < -0.3 is 19.6 Å². The summed E-state index contributed by atoms with van der Waals surface area (Å²) in [5.41, 5.74) is 7.14. The zero-order valence-electron chi connectivity index (χ0n) is 14.1. The van der Waals surface area contributed by atoms with Gasteiger partial charge in [-0.3, -0.25) is 4.79 Å². The van der Waals surface area contributed by atoms with E-state index in [1.54, 1.807) is 18.2 Å². The number of nitrogens with two attached hydrogens (primary N) is 1. The second-order valence-electron chi connectivity index (χ2n) is 5.40. The number of benzene rings is 2. The van der Waals surface area contributed by atoms with Gasteiger partial charge in [0, 0.05) is 11.1 Å². The van der Waals surface area contributed by atoms with Crippen molar-refractivity contribution in [3.05, 3.63) is 64.5 Å². The van der Waals surface area contributed by atoms with E-state index in [1.807, 2.05) is 31.2 Å². The number of hydrogen-bond acceptors (Lipinski definition) is 5. The Morgan fingerprint density at radius 1 is 1.19 bits per heavy atom. The first-order chi connectivity index (χ1) is 12.6. The van der Waals surface area contributed by atoms with E-state index < -0.39 is 5.91 Å². The van der Waals surface area contributed by atoms with Crippen molar-refractivity contribution in [1.82, 2.24) is 4.98 Å². The molecular weight excluding hydrogens is 400 g/mol. The number of ether oxygens (including phenoxy) is 2. The largest absolute Gasteiger partial charge is 0.494 e. The number of carbonyl (C=O) groups is 1. The molecule has 0 saturated heterocycles. The molecule has 0 radical (unpaired) electrons. The van der Waals surface area contributed by atoms with Gasteiger partial charge in [-0.15, -0.1) is 0 Å². The number of rotatable bonds is 7. The van der Waals surface area contributed by atoms with Gasteiger partial charge in [0.15, 0.2) is 0 Å². The zero-order chi connectivity index (χ0) is 18.5. The van der Waals surface area contributed by atoms with Crippen molar-refractivity contribution in [3.8, 4) is 23.0 Å². The molecule has 3 rings (SSSR count). The van der Waals surface area contributed by atoms with E-state index in [1.165, 1.54) is 6.26 Å². The number of oxazole rings is 1. The van der Waals surface area contributed by atoms with Crippen molar-refractivity contribution < 1.29 is 18.7 Å². The summed E-state index contributed by atoms with van der Waals surface area (Å²) in [6.45, 7) is 2.75. The third kappa shape index (κ3) is 4.23. The number of hydrogen-bond donors (Lipinski definition) is 1. The van der Waals surface area contributed by atoms with Crippen LogP contribution in [0.2, 0.25) is 0 Å². The fourth-order valence-electron chi connectivity index (χ4n) is 2.29. The summed E-state index contributed by atoms with van der Waals surface area (Å²) in [5.74, 6) is 1.29. The minimum absolute atomic E-state index is 0.196. The van der Waals surface area contributed by atoms with Crippen molar-refractivity contribution in [2.75, 3.05) is 6.61 Å². The van der Waals surface area contributed by atoms with E-state index in [2.05, 4.69) is 20.9 Å². The molecular formula is C19H17BrN2O4. The standard InChI is InChI=1S/C19H17BrN2O4/c1-2-24-15-6-3-12(4-7-15)19-22-14(11-26-19)10-25-17-9-13(18(21)23)5-8-16(17)20/h3-9,11H,2,10H2,1H3,(H2,21,23). The van der Waals surface area contributed by atoms with Gasteiger partial charge in [-0.25, -0.2) is 4.98 Å². The molecule has 7 heteroatoms. The van der Waals surface area contributed by atoms with Gasteiger partial charge in [0.05, 0.1) is 11.1 Å². The summed E-state index contributed by atoms with van der Waals surface area (Å²) in [4.78, 5) is 15.7. The van der Waals surface area contributed by atoms with E-state index in [4.69, 9.17) is 19.6 Å². The van der Waals surface area contributed by atoms with Crippen molar-refractivity contribution in [2.45, 2.75) is 13.5 Å². The lowest BCUT2D eigenvalue weighted by atomic mass is 10.2. The SMILES string of the molecule is CCOc1ccc(-c2nc(COc3cc(C(N)=O)ccc3Br)co2)cc1. The Bertz CT molecular complexity index is 906. The zero-order valence-corrected chi connectivity index (χ0v) is 15.7. The van der Waals surface area contributed by atoms with Gasteiger partial charge in [0.25, 0.3) is 0 Å². The van der Waals surface area contributed by atoms with Crippen molar-refractivity contribution in [3.63, 3.8) is 0 Å². The molecule has 0 aliphatic heterocycles. The van der Waals surface area contributed by atoms with Crippen LogP contribution in [0.3, 0.4) is 0 Å². The van der Waals surface area contributed by atoms with Crippen molar-refractivity contribution in [2.24, 2.45) is 5.73 Å². The predicted molar refractivity (Wildman–Crippen MR) is 100 cm³/mol. The quantitative estimate of drug-likeness (QED) is 0.623. The Kier molecular flexibility index (Phi) is 5.58. The third-order valence-electron chi connectivity index (χ3n) is 3.56. The monoisotopic (exact) mass is 416 g/mol. The Hall–Kier alpha value is -2.80. The van der Waals surface area contributed by atoms with Crippen LogP contribution in [-0.2, 0) is 6.61 Å². The summed E-state index contributed by atoms with van der Waals surface area (Å²) in [6.07, 6.45) is 1.54. The van der Waals surface area contributed by atoms with E-state index in [-0.39, 0.29) is 6.61 Å². The highest BCUT2D eigenvalue weighted by molar-refractivity contribution is 9.10. The Balaban J connectivity index is 1.69. The fourth-order valence-corrected chi connectivity index (χ4v) is 2.65. The maximum absolute atomic E-state index is 11.3. The lowest BCUT2D eigenvalue weighted by Gasteiger charge is -2.07. The maximum atomic E-state index is 11.3. The number of aromatic nitrogens is 1. The highest BCUT2D eigenvalue weighted by Gasteiger charge is 2.10. The van der Waals surface area contributed by atoms with Crippen LogP contribution in [0.1, 0.15) is 23.0 Å². The molecule has 134 valence electrons. The highest BCUT2D eigenvalue weighted by Crippen LogP contribution is 2.27. The molecule has 0 aliphatic rings. The van der Waals surface area contributed by atoms with Crippen LogP contribution < -0.4 is 15.2 Å². The fraction of sp³-hybridized carbons (Fsp3) is 0.158. The second kappa shape index (κ2) is 8.05. The molecule has 1 amide bonds. The molecule has 2 N–H and O–H groups in total. The van der Waals surface area contributed by atoms with Gasteiger partial charge in [0.2, 0.25) is 11.8 Å². The third-order valence-corrected chi connectivity index (χ3v) is 4.21. The minimum atomic E-state index is -0.512. The first-order valence-corrected chi connectivity index (χ1v) is 8.76. The normalized spacial score (nSPS) is 10.5. The van der Waals surface area contributed by atoms with E-state index in [0.29, 0.717) is 29.5 Å². The van der Waals surface area contributed by atoms with Gasteiger partial charge >= 0.3 is 0 Å². The summed E-state index contributed by atoms with van der Waals surface area (Å²) >= 11 is 3.38. The van der Waals surface area contributed by atoms with Crippen LogP contribution in [0, 0.1) is 0 Å². The molecule has 0 bridgehead atoms. The summed E-state index contributed by atoms with van der Waals surface area (Å²) in [6, 6.07) is 12.4. The highest BCUT2D eigenvalue weighted by atomic mass is 79.9. The molecule has 2 aromatic carbocycles. The number of halogens is 1. The lowest BCUT2D eigenvalue weighted by molar-refractivity contribution is 0.0999. The molecule has 0 atom stereocenters. The summed E-state index contributed by atoms with van der Waals surface area (Å²) < 4.78 is 17.4. The average molecular weight is 417 g/mol. The first-order valence-electron chi connectivity index (χ1n) is 7.96. The molecule has 1 aromatic heterocycles. The van der Waals surface area contributed by atoms with Crippen LogP contribution in [0.25, 0.3) is 11.5 Å². The average Bonchev–Trinajstić information content (AvgIpc) is 3.11. The first kappa shape index (κ1) is 18.0. The van der Waals surface area contributed by atoms with Gasteiger partial charge in [-0.05, 0) is 65.3 Å². The molecule has 0 aliphatic carbocycles. The lowest BCUT2D eigenvalue weighted by Crippen LogP contribution is -2.11. The Labute approximate surface area is 159 Å².